The number of nitrogens with one attached hydrogen (secondary N) is 1. The minimum atomic E-state index is -1.04. The molecule has 0 bridgehead atoms. The van der Waals surface area contributed by atoms with Gasteiger partial charge in [-0.05, 0) is 42.3 Å². The van der Waals surface area contributed by atoms with E-state index in [1.165, 1.54) is 22.7 Å². The summed E-state index contributed by atoms with van der Waals surface area (Å²) in [6.45, 7) is 0. The minimum Gasteiger partial charge on any atom is -0.477 e. The molecule has 1 aliphatic carbocycles. The van der Waals surface area contributed by atoms with Gasteiger partial charge >= 0.3 is 5.97 Å². The van der Waals surface area contributed by atoms with Gasteiger partial charge < -0.3 is 10.4 Å². The van der Waals surface area contributed by atoms with Crippen molar-refractivity contribution in [2.24, 2.45) is 0 Å². The Morgan fingerprint density at radius 3 is 3.21 bits per heavy atom. The number of aromatic nitrogens is 2. The first-order valence-corrected chi connectivity index (χ1v) is 7.01. The minimum absolute atomic E-state index is 0.0128. The summed E-state index contributed by atoms with van der Waals surface area (Å²) in [4.78, 5) is 20.4. The van der Waals surface area contributed by atoms with E-state index in [0.29, 0.717) is 5.95 Å². The lowest BCUT2D eigenvalue weighted by molar-refractivity contribution is 0.0690. The van der Waals surface area contributed by atoms with E-state index < -0.39 is 5.97 Å². The van der Waals surface area contributed by atoms with Gasteiger partial charge in [-0.25, -0.2) is 14.8 Å². The van der Waals surface area contributed by atoms with E-state index in [0.717, 1.165) is 19.3 Å². The fraction of sp³-hybridized carbons (Fsp3) is 0.308. The van der Waals surface area contributed by atoms with Crippen LogP contribution in [0.5, 0.6) is 0 Å². The fourth-order valence-electron chi connectivity index (χ4n) is 2.34. The number of carbonyl (C=O) groups is 1. The summed E-state index contributed by atoms with van der Waals surface area (Å²) in [6.07, 6.45) is 4.74. The molecule has 2 heterocycles. The van der Waals surface area contributed by atoms with Crippen LogP contribution in [-0.4, -0.2) is 21.0 Å². The summed E-state index contributed by atoms with van der Waals surface area (Å²) >= 11 is 1.77. The molecule has 0 spiro atoms. The Balaban J connectivity index is 1.83. The molecular weight excluding hydrogens is 262 g/mol. The molecule has 1 atom stereocenters. The van der Waals surface area contributed by atoms with Gasteiger partial charge in [-0.1, -0.05) is 0 Å². The maximum atomic E-state index is 10.9. The van der Waals surface area contributed by atoms with Crippen molar-refractivity contribution in [1.82, 2.24) is 9.97 Å². The van der Waals surface area contributed by atoms with Gasteiger partial charge in [0.1, 0.15) is 0 Å². The Kier molecular flexibility index (Phi) is 3.16. The van der Waals surface area contributed by atoms with Gasteiger partial charge in [0.25, 0.3) is 0 Å². The third-order valence-corrected chi connectivity index (χ3v) is 4.23. The van der Waals surface area contributed by atoms with E-state index in [1.54, 1.807) is 11.3 Å². The molecule has 0 fully saturated rings. The highest BCUT2D eigenvalue weighted by atomic mass is 32.1. The van der Waals surface area contributed by atoms with Crippen molar-refractivity contribution in [1.29, 1.82) is 0 Å². The van der Waals surface area contributed by atoms with Crippen molar-refractivity contribution in [3.8, 4) is 0 Å². The largest absolute Gasteiger partial charge is 0.477 e. The Morgan fingerprint density at radius 2 is 2.37 bits per heavy atom. The number of carboxylic acids is 1. The standard InChI is InChI=1S/C13H13N3O2S/c17-12(18)10-4-6-14-13(16-10)15-9-2-1-3-11-8(9)5-7-19-11/h4-7,9H,1-3H2,(H,17,18)(H,14,15,16). The zero-order valence-electron chi connectivity index (χ0n) is 10.2. The second kappa shape index (κ2) is 4.97. The maximum absolute atomic E-state index is 10.9. The third kappa shape index (κ3) is 2.44. The normalized spacial score (nSPS) is 17.8. The zero-order valence-corrected chi connectivity index (χ0v) is 11.0. The van der Waals surface area contributed by atoms with E-state index >= 15 is 0 Å². The van der Waals surface area contributed by atoms with Crippen molar-refractivity contribution >= 4 is 23.3 Å². The fourth-order valence-corrected chi connectivity index (χ4v) is 3.33. The highest BCUT2D eigenvalue weighted by Gasteiger charge is 2.21. The van der Waals surface area contributed by atoms with Gasteiger partial charge in [-0.3, -0.25) is 0 Å². The number of carboxylic acid groups (broad SMARTS) is 1. The summed E-state index contributed by atoms with van der Waals surface area (Å²) < 4.78 is 0. The quantitative estimate of drug-likeness (QED) is 0.900. The maximum Gasteiger partial charge on any atom is 0.354 e. The first-order valence-electron chi connectivity index (χ1n) is 6.13. The number of aryl methyl sites for hydroxylation is 1. The summed E-state index contributed by atoms with van der Waals surface area (Å²) in [5, 5.41) is 14.3. The molecule has 6 heteroatoms. The highest BCUT2D eigenvalue weighted by Crippen LogP contribution is 2.34. The van der Waals surface area contributed by atoms with Crippen LogP contribution in [0.4, 0.5) is 5.95 Å². The average molecular weight is 275 g/mol. The van der Waals surface area contributed by atoms with Gasteiger partial charge in [0, 0.05) is 11.1 Å². The molecule has 0 aliphatic heterocycles. The van der Waals surface area contributed by atoms with Crippen LogP contribution in [0.1, 0.15) is 39.8 Å². The van der Waals surface area contributed by atoms with Crippen LogP contribution in [0.2, 0.25) is 0 Å². The van der Waals surface area contributed by atoms with E-state index in [2.05, 4.69) is 26.7 Å². The monoisotopic (exact) mass is 275 g/mol. The van der Waals surface area contributed by atoms with Crippen LogP contribution in [-0.2, 0) is 6.42 Å². The molecule has 0 amide bonds. The number of thiophene rings is 1. The van der Waals surface area contributed by atoms with Gasteiger partial charge in [0.2, 0.25) is 5.95 Å². The molecule has 0 saturated carbocycles. The lowest BCUT2D eigenvalue weighted by atomic mass is 9.94. The molecule has 98 valence electrons. The number of anilines is 1. The van der Waals surface area contributed by atoms with E-state index in [9.17, 15) is 4.79 Å². The summed E-state index contributed by atoms with van der Waals surface area (Å²) in [5.41, 5.74) is 1.31. The Labute approximate surface area is 114 Å². The van der Waals surface area contributed by atoms with Crippen LogP contribution >= 0.6 is 11.3 Å². The van der Waals surface area contributed by atoms with Crippen LogP contribution in [0.25, 0.3) is 0 Å². The third-order valence-electron chi connectivity index (χ3n) is 3.23. The summed E-state index contributed by atoms with van der Waals surface area (Å²) in [5.74, 6) is -0.658. The first-order chi connectivity index (χ1) is 9.24. The van der Waals surface area contributed by atoms with Crippen LogP contribution in [0.15, 0.2) is 23.7 Å². The van der Waals surface area contributed by atoms with Crippen LogP contribution in [0.3, 0.4) is 0 Å². The summed E-state index contributed by atoms with van der Waals surface area (Å²) in [6, 6.07) is 3.70. The molecule has 19 heavy (non-hydrogen) atoms. The number of rotatable bonds is 3. The zero-order chi connectivity index (χ0) is 13.2. The average Bonchev–Trinajstić information content (AvgIpc) is 2.88. The smallest absolute Gasteiger partial charge is 0.354 e. The molecule has 2 aromatic rings. The van der Waals surface area contributed by atoms with E-state index in [4.69, 9.17) is 5.11 Å². The van der Waals surface area contributed by atoms with Crippen LogP contribution < -0.4 is 5.32 Å². The number of nitrogens with zero attached hydrogens (tertiary/aromatic N) is 2. The van der Waals surface area contributed by atoms with Crippen molar-refractivity contribution in [3.05, 3.63) is 39.8 Å². The lowest BCUT2D eigenvalue weighted by Crippen LogP contribution is -2.17. The molecule has 1 unspecified atom stereocenters. The van der Waals surface area contributed by atoms with Gasteiger partial charge in [0.15, 0.2) is 5.69 Å². The number of hydrogen-bond donors (Lipinski definition) is 2. The van der Waals surface area contributed by atoms with Gasteiger partial charge in [-0.15, -0.1) is 11.3 Å². The second-order valence-electron chi connectivity index (χ2n) is 4.46. The summed E-state index contributed by atoms with van der Waals surface area (Å²) in [7, 11) is 0. The predicted octanol–water partition coefficient (Wildman–Crippen LogP) is 2.73. The molecule has 1 aliphatic rings. The Hall–Kier alpha value is -1.95. The van der Waals surface area contributed by atoms with Crippen LogP contribution in [0, 0.1) is 0 Å². The van der Waals surface area contributed by atoms with Crippen molar-refractivity contribution in [2.45, 2.75) is 25.3 Å². The Bertz CT molecular complexity index is 611. The number of fused-ring (bicyclic) bond motifs is 1. The molecule has 0 saturated heterocycles. The molecule has 2 N–H and O–H groups in total. The van der Waals surface area contributed by atoms with Gasteiger partial charge in [-0.2, -0.15) is 0 Å². The van der Waals surface area contributed by atoms with Crippen molar-refractivity contribution < 1.29 is 9.90 Å². The Morgan fingerprint density at radius 1 is 1.47 bits per heavy atom. The number of aromatic carboxylic acids is 1. The molecule has 2 aromatic heterocycles. The molecule has 0 aromatic carbocycles. The van der Waals surface area contributed by atoms with Crippen molar-refractivity contribution in [2.75, 3.05) is 5.32 Å². The topological polar surface area (TPSA) is 75.1 Å². The van der Waals surface area contributed by atoms with E-state index in [1.807, 2.05) is 0 Å². The SMILES string of the molecule is O=C(O)c1ccnc(NC2CCCc3sccc32)n1. The second-order valence-corrected chi connectivity index (χ2v) is 5.46. The predicted molar refractivity (Wildman–Crippen MR) is 72.6 cm³/mol. The lowest BCUT2D eigenvalue weighted by Gasteiger charge is -2.23. The highest BCUT2D eigenvalue weighted by molar-refractivity contribution is 7.10. The first kappa shape index (κ1) is 12.1. The molecular formula is C13H13N3O2S. The van der Waals surface area contributed by atoms with Gasteiger partial charge in [0.05, 0.1) is 6.04 Å². The number of hydrogen-bond acceptors (Lipinski definition) is 5. The molecule has 3 rings (SSSR count). The molecule has 5 nitrogen and oxygen atoms in total. The molecule has 0 radical (unpaired) electrons. The van der Waals surface area contributed by atoms with E-state index in [-0.39, 0.29) is 11.7 Å². The van der Waals surface area contributed by atoms with Crippen molar-refractivity contribution in [3.63, 3.8) is 0 Å².